The predicted octanol–water partition coefficient (Wildman–Crippen LogP) is 0.552. The fourth-order valence-corrected chi connectivity index (χ4v) is 1.42. The highest BCUT2D eigenvalue weighted by molar-refractivity contribution is 5.75. The van der Waals surface area contributed by atoms with E-state index in [0.717, 1.165) is 25.7 Å². The zero-order chi connectivity index (χ0) is 11.6. The number of unbranched alkanes of at least 4 members (excludes halogenated alkanes) is 3. The van der Waals surface area contributed by atoms with E-state index in [4.69, 9.17) is 5.11 Å². The molecular weight excluding hydrogens is 206 g/mol. The second-order valence-electron chi connectivity index (χ2n) is 3.69. The Morgan fingerprint density at radius 2 is 2.12 bits per heavy atom. The highest BCUT2D eigenvalue weighted by Gasteiger charge is 2.01. The maximum atomic E-state index is 11.4. The van der Waals surface area contributed by atoms with E-state index in [2.05, 4.69) is 10.4 Å². The third-order valence-electron chi connectivity index (χ3n) is 2.27. The van der Waals surface area contributed by atoms with Crippen LogP contribution in [0.4, 0.5) is 0 Å². The van der Waals surface area contributed by atoms with Crippen molar-refractivity contribution in [3.05, 3.63) is 18.5 Å². The number of hydrogen-bond donors (Lipinski definition) is 2. The quantitative estimate of drug-likeness (QED) is 0.635. The van der Waals surface area contributed by atoms with E-state index in [-0.39, 0.29) is 19.1 Å². The van der Waals surface area contributed by atoms with Crippen LogP contribution in [0.5, 0.6) is 0 Å². The van der Waals surface area contributed by atoms with Crippen LogP contribution in [0.1, 0.15) is 25.7 Å². The average Bonchev–Trinajstić information content (AvgIpc) is 2.76. The van der Waals surface area contributed by atoms with Gasteiger partial charge in [0.15, 0.2) is 0 Å². The average molecular weight is 225 g/mol. The maximum absolute atomic E-state index is 11.4. The molecule has 0 aliphatic rings. The first kappa shape index (κ1) is 12.7. The third-order valence-corrected chi connectivity index (χ3v) is 2.27. The lowest BCUT2D eigenvalue weighted by Gasteiger charge is -2.04. The molecule has 5 heteroatoms. The number of carbonyl (C=O) groups excluding carboxylic acids is 1. The van der Waals surface area contributed by atoms with Crippen molar-refractivity contribution in [2.24, 2.45) is 0 Å². The molecular formula is C11H19N3O2. The summed E-state index contributed by atoms with van der Waals surface area (Å²) >= 11 is 0. The minimum absolute atomic E-state index is 0.00846. The molecule has 0 spiro atoms. The first-order valence-corrected chi connectivity index (χ1v) is 5.68. The smallest absolute Gasteiger partial charge is 0.241 e. The summed E-state index contributed by atoms with van der Waals surface area (Å²) in [5, 5.41) is 15.4. The first-order chi connectivity index (χ1) is 7.83. The molecule has 1 rings (SSSR count). The van der Waals surface area contributed by atoms with Gasteiger partial charge in [0.05, 0.1) is 0 Å². The summed E-state index contributed by atoms with van der Waals surface area (Å²) < 4.78 is 1.60. The van der Waals surface area contributed by atoms with Crippen LogP contribution in [0.3, 0.4) is 0 Å². The molecule has 0 unspecified atom stereocenters. The van der Waals surface area contributed by atoms with Crippen LogP contribution in [0.25, 0.3) is 0 Å². The normalized spacial score (nSPS) is 10.3. The molecule has 0 aliphatic heterocycles. The van der Waals surface area contributed by atoms with Gasteiger partial charge in [-0.2, -0.15) is 5.10 Å². The lowest BCUT2D eigenvalue weighted by atomic mass is 10.2. The Hall–Kier alpha value is -1.36. The number of aliphatic hydroxyl groups is 1. The third kappa shape index (κ3) is 5.50. The van der Waals surface area contributed by atoms with E-state index < -0.39 is 0 Å². The van der Waals surface area contributed by atoms with Gasteiger partial charge in [-0.05, 0) is 18.9 Å². The van der Waals surface area contributed by atoms with Crippen molar-refractivity contribution in [2.45, 2.75) is 32.2 Å². The molecule has 0 aliphatic carbocycles. The zero-order valence-corrected chi connectivity index (χ0v) is 9.43. The molecule has 2 N–H and O–H groups in total. The van der Waals surface area contributed by atoms with Gasteiger partial charge in [-0.15, -0.1) is 0 Å². The minimum atomic E-state index is -0.00846. The summed E-state index contributed by atoms with van der Waals surface area (Å²) in [6.07, 6.45) is 7.29. The van der Waals surface area contributed by atoms with Crippen LogP contribution in [0, 0.1) is 0 Å². The van der Waals surface area contributed by atoms with Gasteiger partial charge in [0, 0.05) is 25.5 Å². The lowest BCUT2D eigenvalue weighted by Crippen LogP contribution is -2.28. The second kappa shape index (κ2) is 7.87. The van der Waals surface area contributed by atoms with Gasteiger partial charge >= 0.3 is 0 Å². The molecule has 0 aromatic carbocycles. The van der Waals surface area contributed by atoms with E-state index >= 15 is 0 Å². The number of aromatic nitrogens is 2. The van der Waals surface area contributed by atoms with Gasteiger partial charge < -0.3 is 10.4 Å². The Balaban J connectivity index is 1.98. The molecule has 1 aromatic heterocycles. The monoisotopic (exact) mass is 225 g/mol. The number of amides is 1. The van der Waals surface area contributed by atoms with Gasteiger partial charge in [0.25, 0.3) is 0 Å². The van der Waals surface area contributed by atoms with Crippen molar-refractivity contribution in [3.63, 3.8) is 0 Å². The van der Waals surface area contributed by atoms with Gasteiger partial charge in [-0.3, -0.25) is 9.48 Å². The number of nitrogens with zero attached hydrogens (tertiary/aromatic N) is 2. The molecule has 16 heavy (non-hydrogen) atoms. The van der Waals surface area contributed by atoms with Crippen molar-refractivity contribution < 1.29 is 9.90 Å². The summed E-state index contributed by atoms with van der Waals surface area (Å²) in [4.78, 5) is 11.4. The second-order valence-corrected chi connectivity index (χ2v) is 3.69. The van der Waals surface area contributed by atoms with E-state index in [9.17, 15) is 4.79 Å². The standard InChI is InChI=1S/C11H19N3O2/c15-9-4-2-1-3-6-12-11(16)10-14-8-5-7-13-14/h5,7-8,15H,1-4,6,9-10H2,(H,12,16). The van der Waals surface area contributed by atoms with E-state index in [0.29, 0.717) is 6.54 Å². The molecule has 0 fully saturated rings. The van der Waals surface area contributed by atoms with Crippen molar-refractivity contribution in [1.82, 2.24) is 15.1 Å². The summed E-state index contributed by atoms with van der Waals surface area (Å²) in [7, 11) is 0. The molecule has 1 amide bonds. The molecule has 1 heterocycles. The molecule has 0 atom stereocenters. The van der Waals surface area contributed by atoms with E-state index in [1.54, 1.807) is 23.1 Å². The van der Waals surface area contributed by atoms with Crippen LogP contribution >= 0.6 is 0 Å². The number of nitrogens with one attached hydrogen (secondary N) is 1. The Morgan fingerprint density at radius 1 is 1.31 bits per heavy atom. The van der Waals surface area contributed by atoms with Gasteiger partial charge in [-0.25, -0.2) is 0 Å². The van der Waals surface area contributed by atoms with Gasteiger partial charge in [0.2, 0.25) is 5.91 Å². The summed E-state index contributed by atoms with van der Waals surface area (Å²) in [6.45, 7) is 1.24. The first-order valence-electron chi connectivity index (χ1n) is 5.68. The fraction of sp³-hybridized carbons (Fsp3) is 0.636. The largest absolute Gasteiger partial charge is 0.396 e. The topological polar surface area (TPSA) is 67.2 Å². The molecule has 1 aromatic rings. The van der Waals surface area contributed by atoms with Crippen LogP contribution in [-0.2, 0) is 11.3 Å². The number of hydrogen-bond acceptors (Lipinski definition) is 3. The van der Waals surface area contributed by atoms with Crippen molar-refractivity contribution in [3.8, 4) is 0 Å². The Bertz CT molecular complexity index is 285. The highest BCUT2D eigenvalue weighted by atomic mass is 16.2. The van der Waals surface area contributed by atoms with Crippen LogP contribution in [0.15, 0.2) is 18.5 Å². The Kier molecular flexibility index (Phi) is 6.25. The van der Waals surface area contributed by atoms with E-state index in [1.807, 2.05) is 0 Å². The molecule has 0 radical (unpaired) electrons. The van der Waals surface area contributed by atoms with Crippen LogP contribution in [0.2, 0.25) is 0 Å². The van der Waals surface area contributed by atoms with Crippen LogP contribution < -0.4 is 5.32 Å². The fourth-order valence-electron chi connectivity index (χ4n) is 1.42. The summed E-state index contributed by atoms with van der Waals surface area (Å²) in [5.74, 6) is -0.00846. The molecule has 0 saturated heterocycles. The molecule has 90 valence electrons. The predicted molar refractivity (Wildman–Crippen MR) is 60.8 cm³/mol. The number of carbonyl (C=O) groups is 1. The van der Waals surface area contributed by atoms with Gasteiger partial charge in [-0.1, -0.05) is 12.8 Å². The molecule has 0 saturated carbocycles. The lowest BCUT2D eigenvalue weighted by molar-refractivity contribution is -0.121. The van der Waals surface area contributed by atoms with Crippen molar-refractivity contribution in [1.29, 1.82) is 0 Å². The van der Waals surface area contributed by atoms with Crippen molar-refractivity contribution in [2.75, 3.05) is 13.2 Å². The Labute approximate surface area is 95.5 Å². The van der Waals surface area contributed by atoms with E-state index in [1.165, 1.54) is 0 Å². The molecule has 5 nitrogen and oxygen atoms in total. The van der Waals surface area contributed by atoms with Crippen molar-refractivity contribution >= 4 is 5.91 Å². The zero-order valence-electron chi connectivity index (χ0n) is 9.43. The number of aliphatic hydroxyl groups excluding tert-OH is 1. The maximum Gasteiger partial charge on any atom is 0.241 e. The summed E-state index contributed by atoms with van der Waals surface area (Å²) in [6, 6.07) is 1.79. The summed E-state index contributed by atoms with van der Waals surface area (Å²) in [5.41, 5.74) is 0. The Morgan fingerprint density at radius 3 is 2.81 bits per heavy atom. The molecule has 0 bridgehead atoms. The van der Waals surface area contributed by atoms with Gasteiger partial charge in [0.1, 0.15) is 6.54 Å². The SMILES string of the molecule is O=C(Cn1cccn1)NCCCCCCO. The highest BCUT2D eigenvalue weighted by Crippen LogP contribution is 1.97. The number of rotatable bonds is 8. The minimum Gasteiger partial charge on any atom is -0.396 e. The van der Waals surface area contributed by atoms with Crippen LogP contribution in [-0.4, -0.2) is 33.9 Å².